The molecule has 0 radical (unpaired) electrons. The Kier molecular flexibility index (Phi) is 26.2. The minimum Gasteiger partial charge on any atom is -0.497 e. The van der Waals surface area contributed by atoms with Crippen LogP contribution in [0.5, 0.6) is 17.2 Å². The largest absolute Gasteiger partial charge is 0.497 e. The maximum Gasteiger partial charge on any atom is 0.188 e. The van der Waals surface area contributed by atoms with Crippen LogP contribution in [0.1, 0.15) is 50.1 Å². The number of hydrogen-bond acceptors (Lipinski definition) is 7. The number of rotatable bonds is 13. The Labute approximate surface area is 791 Å². The molecule has 0 aliphatic carbocycles. The molecule has 5 aromatic heterocycles. The number of nitrogen functional groups attached to an aromatic ring is 4. The minimum absolute atomic E-state index is 0.563. The van der Waals surface area contributed by atoms with Gasteiger partial charge in [-0.1, -0.05) is 144 Å². The predicted octanol–water partition coefficient (Wildman–Crippen LogP) is 31.0. The normalized spacial score (nSPS) is 10.8. The van der Waals surface area contributed by atoms with E-state index >= 15 is 0 Å². The van der Waals surface area contributed by atoms with Gasteiger partial charge in [-0.25, -0.2) is 24.2 Å². The van der Waals surface area contributed by atoms with E-state index in [-0.39, 0.29) is 0 Å². The zero-order valence-electron chi connectivity index (χ0n) is 77.0. The summed E-state index contributed by atoms with van der Waals surface area (Å²) in [6.45, 7) is 55.5. The molecule has 8 N–H and O–H groups in total. The summed E-state index contributed by atoms with van der Waals surface area (Å²) in [6.07, 6.45) is 10.7. The summed E-state index contributed by atoms with van der Waals surface area (Å²) < 4.78 is 26.8. The van der Waals surface area contributed by atoms with Crippen molar-refractivity contribution < 1.29 is 14.2 Å². The first-order valence-electron chi connectivity index (χ1n) is 43.7. The van der Waals surface area contributed by atoms with E-state index in [1.54, 1.807) is 21.3 Å². The third-order valence-electron chi connectivity index (χ3n) is 25.0. The quantitative estimate of drug-likeness (QED) is 0.0655. The molecule has 660 valence electrons. The Morgan fingerprint density at radius 3 is 0.978 bits per heavy atom. The molecule has 0 unspecified atom stereocenters. The highest BCUT2D eigenvalue weighted by molar-refractivity contribution is 6.32. The highest BCUT2D eigenvalue weighted by atomic mass is 35.5. The number of hydrogen-bond donors (Lipinski definition) is 4. The summed E-state index contributed by atoms with van der Waals surface area (Å²) in [6, 6.07) is 96.1. The average molecular weight is 1780 g/mol. The number of ether oxygens (including phenoxy) is 3. The van der Waals surface area contributed by atoms with Gasteiger partial charge in [0.15, 0.2) is 28.4 Å². The Bertz CT molecular complexity index is 8050. The van der Waals surface area contributed by atoms with Crippen molar-refractivity contribution in [2.75, 3.05) is 44.3 Å². The van der Waals surface area contributed by atoms with Gasteiger partial charge in [0, 0.05) is 110 Å². The van der Waals surface area contributed by atoms with Crippen LogP contribution < -0.4 is 37.1 Å². The zero-order valence-corrected chi connectivity index (χ0v) is 77.7. The molecule has 0 fully saturated rings. The number of aryl methyl sites for hydroxylation is 5. The number of halogens is 1. The summed E-state index contributed by atoms with van der Waals surface area (Å²) >= 11 is 6.37. The van der Waals surface area contributed by atoms with Crippen LogP contribution in [0, 0.1) is 95.2 Å². The Morgan fingerprint density at radius 2 is 0.607 bits per heavy atom. The van der Waals surface area contributed by atoms with Crippen molar-refractivity contribution in [1.82, 2.24) is 22.8 Å². The number of nitrogens with zero attached hydrogens (tertiary/aromatic N) is 10. The lowest BCUT2D eigenvalue weighted by Gasteiger charge is -2.11. The first-order chi connectivity index (χ1) is 65.3. The molecule has 135 heavy (non-hydrogen) atoms. The molecular formula is C117H97ClN14O3. The van der Waals surface area contributed by atoms with Crippen LogP contribution in [0.15, 0.2) is 322 Å². The van der Waals surface area contributed by atoms with Gasteiger partial charge in [0.25, 0.3) is 0 Å². The van der Waals surface area contributed by atoms with Crippen molar-refractivity contribution in [3.63, 3.8) is 0 Å². The molecule has 5 heterocycles. The van der Waals surface area contributed by atoms with Crippen molar-refractivity contribution in [2.24, 2.45) is 0 Å². The highest BCUT2D eigenvalue weighted by Crippen LogP contribution is 2.45. The van der Waals surface area contributed by atoms with E-state index in [9.17, 15) is 0 Å². The number of benzene rings is 15. The van der Waals surface area contributed by atoms with Gasteiger partial charge < -0.3 is 60.0 Å². The van der Waals surface area contributed by atoms with Crippen LogP contribution in [0.2, 0.25) is 5.02 Å². The fourth-order valence-corrected chi connectivity index (χ4v) is 17.7. The van der Waals surface area contributed by atoms with Gasteiger partial charge in [-0.3, -0.25) is 0 Å². The molecule has 20 rings (SSSR count). The van der Waals surface area contributed by atoms with Crippen LogP contribution in [-0.4, -0.2) is 44.2 Å². The topological polar surface area (TPSA) is 178 Å². The zero-order chi connectivity index (χ0) is 95.2. The fourth-order valence-electron chi connectivity index (χ4n) is 17.4. The van der Waals surface area contributed by atoms with Crippen molar-refractivity contribution in [3.05, 3.63) is 434 Å². The van der Waals surface area contributed by atoms with E-state index in [1.165, 1.54) is 27.8 Å². The molecule has 0 atom stereocenters. The van der Waals surface area contributed by atoms with Gasteiger partial charge in [0.2, 0.25) is 0 Å². The van der Waals surface area contributed by atoms with Gasteiger partial charge in [-0.15, -0.1) is 0 Å². The Morgan fingerprint density at radius 1 is 0.267 bits per heavy atom. The lowest BCUT2D eigenvalue weighted by molar-refractivity contribution is 0.411. The number of fused-ring (bicyclic) bond motifs is 5. The maximum absolute atomic E-state index is 7.40. The SMILES string of the molecule is [C-]#[N+]c1ccc2c(c1)c(-c1cccc(C)c1C)cn2-c1ccc(OC)c(Cl)c1.[C-]#[N+]c1ccc2c(c1)c(-c1cccc(N)c1)cn2-c1ccc(C)cc1.[C-]#[N+]c1ccc2c(c1)c(-c1cccc(N)c1C)cn2-c1ccc(C)cc1.[C-]#[N+]c1ccc2c(c1)c(-c1cccc(N)c1C)cn2-c1ccc(OC)c(C)c1.[C-]#[N+]c1ccc2c(c1)c(-c1cccc(N)c1C)cn2-c1ccc(OC)cc1C. The molecule has 0 amide bonds. The number of aromatic nitrogens is 5. The fraction of sp³-hybridized carbons (Fsp3) is 0.103. The van der Waals surface area contributed by atoms with Crippen LogP contribution in [0.25, 0.3) is 163 Å². The van der Waals surface area contributed by atoms with Gasteiger partial charge in [0.1, 0.15) is 17.2 Å². The van der Waals surface area contributed by atoms with Crippen LogP contribution in [-0.2, 0) is 0 Å². The third kappa shape index (κ3) is 18.3. The number of nitrogens with two attached hydrogens (primary N) is 4. The summed E-state index contributed by atoms with van der Waals surface area (Å²) in [5, 5.41) is 5.81. The van der Waals surface area contributed by atoms with E-state index in [1.807, 2.05) is 216 Å². The van der Waals surface area contributed by atoms with Crippen molar-refractivity contribution >= 4 is 117 Å². The van der Waals surface area contributed by atoms with E-state index in [2.05, 4.69) is 216 Å². The smallest absolute Gasteiger partial charge is 0.188 e. The molecule has 0 saturated carbocycles. The van der Waals surface area contributed by atoms with Gasteiger partial charge in [0.05, 0.1) is 86.8 Å². The molecule has 18 heteroatoms. The monoisotopic (exact) mass is 1780 g/mol. The first-order valence-corrected chi connectivity index (χ1v) is 44.1. The van der Waals surface area contributed by atoms with E-state index < -0.39 is 0 Å². The molecule has 20 aromatic rings. The van der Waals surface area contributed by atoms with Crippen molar-refractivity contribution in [1.29, 1.82) is 0 Å². The second kappa shape index (κ2) is 38.9. The van der Waals surface area contributed by atoms with Crippen LogP contribution in [0.4, 0.5) is 51.2 Å². The second-order valence-corrected chi connectivity index (χ2v) is 33.8. The molecule has 17 nitrogen and oxygen atoms in total. The lowest BCUT2D eigenvalue weighted by atomic mass is 9.97. The second-order valence-electron chi connectivity index (χ2n) is 33.4. The van der Waals surface area contributed by atoms with E-state index in [4.69, 9.17) is 81.6 Å². The summed E-state index contributed by atoms with van der Waals surface area (Å²) in [7, 11) is 4.96. The van der Waals surface area contributed by atoms with E-state index in [0.29, 0.717) is 39.2 Å². The lowest BCUT2D eigenvalue weighted by Crippen LogP contribution is -1.96. The highest BCUT2D eigenvalue weighted by Gasteiger charge is 2.23. The Hall–Kier alpha value is -17.7. The van der Waals surface area contributed by atoms with Crippen molar-refractivity contribution in [3.8, 4) is 101 Å². The van der Waals surface area contributed by atoms with E-state index in [0.717, 1.165) is 195 Å². The molecule has 15 aromatic carbocycles. The average Bonchev–Trinajstić information content (AvgIpc) is 1.63. The molecule has 0 spiro atoms. The third-order valence-corrected chi connectivity index (χ3v) is 25.3. The Balaban J connectivity index is 0.000000123. The molecule has 0 aliphatic heterocycles. The van der Waals surface area contributed by atoms with Gasteiger partial charge in [-0.05, 0) is 326 Å². The first kappa shape index (κ1) is 90.7. The number of methoxy groups -OCH3 is 3. The van der Waals surface area contributed by atoms with Crippen molar-refractivity contribution in [2.45, 2.75) is 62.3 Å². The molecular weight excluding hydrogens is 1680 g/mol. The van der Waals surface area contributed by atoms with Crippen LogP contribution in [0.3, 0.4) is 0 Å². The molecule has 0 aliphatic rings. The number of anilines is 4. The minimum atomic E-state index is 0.563. The van der Waals surface area contributed by atoms with Gasteiger partial charge in [-0.2, -0.15) is 0 Å². The van der Waals surface area contributed by atoms with Crippen LogP contribution >= 0.6 is 11.6 Å². The summed E-state index contributed by atoms with van der Waals surface area (Å²) in [4.78, 5) is 18.0. The maximum atomic E-state index is 7.40. The van der Waals surface area contributed by atoms with Gasteiger partial charge >= 0.3 is 0 Å². The molecule has 0 bridgehead atoms. The predicted molar refractivity (Wildman–Crippen MR) is 560 cm³/mol. The summed E-state index contributed by atoms with van der Waals surface area (Å²) in [5.41, 5.74) is 62.4. The summed E-state index contributed by atoms with van der Waals surface area (Å²) in [5.74, 6) is 2.34. The molecule has 0 saturated heterocycles. The standard InChI is InChI=1S/C24H19ClN2O.2C24H21N3O.C23H19N3.C22H17N3/c1-15-6-5-7-19(16(15)2)21-14-27(18-9-11-24(28-4)22(25)13-18)23-10-8-17(26-3)12-20(21)23;1-15-12-18(28-4)9-11-23(15)27-14-21(19-6-5-7-22(25)16(19)2)20-13-17(26-3)8-10-24(20)27;1-15-12-18(9-11-24(15)28-4)27-14-21(19-6-5-7-22(25)16(19)2)20-13-17(26-3)8-10-23(20)27;1-15-7-10-18(11-8-15)26-14-21(19-5-4-6-22(24)16(19)2)20-13-17(25-3)9-12-23(20)26;1-15-6-9-19(10-7-15)25-14-21(16-4-3-5-17(23)12-16)20-13-18(24-2)8-11-22(20)25/h5-14H,1-2,4H3;2*5-14H,25H2,1-2,4H3;4-14H,24H2,1-2H3;3-14H,23H2,1H3.